The van der Waals surface area contributed by atoms with Gasteiger partial charge in [-0.3, -0.25) is 4.79 Å². The molecular formula is C18H19F3N2O2. The lowest BCUT2D eigenvalue weighted by molar-refractivity contribution is -0.274. The standard InChI is InChI=1S/C18H19F3N2O2/c1-23(2)12-11-22-17(24)15-5-3-13(4-6-15)14-7-9-16(10-8-14)25-18(19,20)21/h3-10H,11-12H2,1-2H3,(H,22,24). The van der Waals surface area contributed by atoms with Crippen LogP contribution in [0.4, 0.5) is 13.2 Å². The summed E-state index contributed by atoms with van der Waals surface area (Å²) in [6.07, 6.45) is -4.71. The number of amides is 1. The molecule has 0 saturated carbocycles. The second-order valence-electron chi connectivity index (χ2n) is 5.71. The van der Waals surface area contributed by atoms with E-state index in [0.717, 1.165) is 17.7 Å². The van der Waals surface area contributed by atoms with E-state index in [2.05, 4.69) is 10.1 Å². The molecule has 0 aliphatic rings. The first-order valence-electron chi connectivity index (χ1n) is 7.64. The molecule has 0 aliphatic heterocycles. The third-order valence-electron chi connectivity index (χ3n) is 3.41. The zero-order chi connectivity index (χ0) is 18.4. The molecule has 0 atom stereocenters. The monoisotopic (exact) mass is 352 g/mol. The highest BCUT2D eigenvalue weighted by Gasteiger charge is 2.30. The Balaban J connectivity index is 2.00. The molecule has 0 spiro atoms. The first-order chi connectivity index (χ1) is 11.7. The van der Waals surface area contributed by atoms with Crippen molar-refractivity contribution in [2.24, 2.45) is 0 Å². The normalized spacial score (nSPS) is 11.4. The number of likely N-dealkylation sites (N-methyl/N-ethyl adjacent to an activating group) is 1. The van der Waals surface area contributed by atoms with Crippen LogP contribution in [0.1, 0.15) is 10.4 Å². The molecule has 0 aliphatic carbocycles. The predicted octanol–water partition coefficient (Wildman–Crippen LogP) is 3.54. The summed E-state index contributed by atoms with van der Waals surface area (Å²) in [6, 6.07) is 12.4. The summed E-state index contributed by atoms with van der Waals surface area (Å²) in [5.74, 6) is -0.435. The Morgan fingerprint density at radius 1 is 1.00 bits per heavy atom. The van der Waals surface area contributed by atoms with E-state index in [1.807, 2.05) is 19.0 Å². The number of hydrogen-bond acceptors (Lipinski definition) is 3. The number of rotatable bonds is 6. The minimum Gasteiger partial charge on any atom is -0.406 e. The number of benzene rings is 2. The number of carbonyl (C=O) groups excluding carboxylic acids is 1. The second kappa shape index (κ2) is 8.02. The average molecular weight is 352 g/mol. The van der Waals surface area contributed by atoms with E-state index < -0.39 is 6.36 Å². The summed E-state index contributed by atoms with van der Waals surface area (Å²) < 4.78 is 40.3. The van der Waals surface area contributed by atoms with Crippen molar-refractivity contribution < 1.29 is 22.7 Å². The fraction of sp³-hybridized carbons (Fsp3) is 0.278. The van der Waals surface area contributed by atoms with Crippen LogP contribution in [-0.4, -0.2) is 44.4 Å². The number of alkyl halides is 3. The largest absolute Gasteiger partial charge is 0.573 e. The van der Waals surface area contributed by atoms with E-state index >= 15 is 0 Å². The van der Waals surface area contributed by atoms with E-state index in [-0.39, 0.29) is 11.7 Å². The van der Waals surface area contributed by atoms with Crippen molar-refractivity contribution in [3.8, 4) is 16.9 Å². The maximum Gasteiger partial charge on any atom is 0.573 e. The molecule has 0 fully saturated rings. The molecule has 1 amide bonds. The van der Waals surface area contributed by atoms with Crippen molar-refractivity contribution >= 4 is 5.91 Å². The molecule has 0 heterocycles. The average Bonchev–Trinajstić information content (AvgIpc) is 2.54. The summed E-state index contributed by atoms with van der Waals surface area (Å²) in [5, 5.41) is 2.82. The lowest BCUT2D eigenvalue weighted by atomic mass is 10.0. The summed E-state index contributed by atoms with van der Waals surface area (Å²) >= 11 is 0. The van der Waals surface area contributed by atoms with E-state index in [1.54, 1.807) is 24.3 Å². The van der Waals surface area contributed by atoms with E-state index in [9.17, 15) is 18.0 Å². The summed E-state index contributed by atoms with van der Waals surface area (Å²) in [7, 11) is 3.85. The molecule has 2 aromatic rings. The van der Waals surface area contributed by atoms with E-state index in [1.165, 1.54) is 24.3 Å². The molecule has 0 bridgehead atoms. The highest BCUT2D eigenvalue weighted by molar-refractivity contribution is 5.94. The first kappa shape index (κ1) is 18.8. The Labute approximate surface area is 144 Å². The van der Waals surface area contributed by atoms with Gasteiger partial charge in [-0.2, -0.15) is 0 Å². The topological polar surface area (TPSA) is 41.6 Å². The molecule has 2 aromatic carbocycles. The van der Waals surface area contributed by atoms with Crippen LogP contribution in [0.15, 0.2) is 48.5 Å². The molecule has 134 valence electrons. The zero-order valence-corrected chi connectivity index (χ0v) is 13.9. The minimum atomic E-state index is -4.71. The van der Waals surface area contributed by atoms with Crippen molar-refractivity contribution in [3.05, 3.63) is 54.1 Å². The Kier molecular flexibility index (Phi) is 6.03. The van der Waals surface area contributed by atoms with Crippen molar-refractivity contribution in [2.45, 2.75) is 6.36 Å². The van der Waals surface area contributed by atoms with Gasteiger partial charge in [-0.15, -0.1) is 13.2 Å². The first-order valence-corrected chi connectivity index (χ1v) is 7.64. The fourth-order valence-corrected chi connectivity index (χ4v) is 2.16. The Bertz CT molecular complexity index is 696. The Morgan fingerprint density at radius 2 is 1.52 bits per heavy atom. The molecule has 7 heteroatoms. The molecule has 0 saturated heterocycles. The van der Waals surface area contributed by atoms with Gasteiger partial charge < -0.3 is 15.0 Å². The summed E-state index contributed by atoms with van der Waals surface area (Å²) in [4.78, 5) is 14.0. The smallest absolute Gasteiger partial charge is 0.406 e. The SMILES string of the molecule is CN(C)CCNC(=O)c1ccc(-c2ccc(OC(F)(F)F)cc2)cc1. The summed E-state index contributed by atoms with van der Waals surface area (Å²) in [6.45, 7) is 1.30. The second-order valence-corrected chi connectivity index (χ2v) is 5.71. The molecular weight excluding hydrogens is 333 g/mol. The Morgan fingerprint density at radius 3 is 2.00 bits per heavy atom. The van der Waals surface area contributed by atoms with Gasteiger partial charge in [0.2, 0.25) is 0 Å². The highest BCUT2D eigenvalue weighted by Crippen LogP contribution is 2.26. The van der Waals surface area contributed by atoms with E-state index in [4.69, 9.17) is 0 Å². The predicted molar refractivity (Wildman–Crippen MR) is 89.4 cm³/mol. The quantitative estimate of drug-likeness (QED) is 0.865. The van der Waals surface area contributed by atoms with Gasteiger partial charge in [0.25, 0.3) is 5.91 Å². The van der Waals surface area contributed by atoms with Crippen molar-refractivity contribution in [1.82, 2.24) is 10.2 Å². The minimum absolute atomic E-state index is 0.165. The third kappa shape index (κ3) is 6.11. The fourth-order valence-electron chi connectivity index (χ4n) is 2.16. The molecule has 0 aromatic heterocycles. The van der Waals surface area contributed by atoms with Gasteiger partial charge in [-0.1, -0.05) is 24.3 Å². The highest BCUT2D eigenvalue weighted by atomic mass is 19.4. The van der Waals surface area contributed by atoms with Gasteiger partial charge in [-0.25, -0.2) is 0 Å². The van der Waals surface area contributed by atoms with Crippen molar-refractivity contribution in [1.29, 1.82) is 0 Å². The number of ether oxygens (including phenoxy) is 1. The number of nitrogens with zero attached hydrogens (tertiary/aromatic N) is 1. The van der Waals surface area contributed by atoms with Gasteiger partial charge in [0, 0.05) is 18.7 Å². The molecule has 4 nitrogen and oxygen atoms in total. The maximum absolute atomic E-state index is 12.2. The lowest BCUT2D eigenvalue weighted by Gasteiger charge is -2.11. The van der Waals surface area contributed by atoms with Crippen LogP contribution >= 0.6 is 0 Å². The summed E-state index contributed by atoms with van der Waals surface area (Å²) in [5.41, 5.74) is 2.05. The van der Waals surface area contributed by atoms with Crippen molar-refractivity contribution in [2.75, 3.05) is 27.2 Å². The maximum atomic E-state index is 12.2. The van der Waals surface area contributed by atoms with Crippen molar-refractivity contribution in [3.63, 3.8) is 0 Å². The van der Waals surface area contributed by atoms with Crippen LogP contribution in [0.3, 0.4) is 0 Å². The van der Waals surface area contributed by atoms with Gasteiger partial charge in [0.1, 0.15) is 5.75 Å². The molecule has 0 radical (unpaired) electrons. The van der Waals surface area contributed by atoms with Gasteiger partial charge in [0.15, 0.2) is 0 Å². The number of hydrogen-bond donors (Lipinski definition) is 1. The number of carbonyl (C=O) groups is 1. The zero-order valence-electron chi connectivity index (χ0n) is 13.9. The van der Waals surface area contributed by atoms with Crippen LogP contribution in [0, 0.1) is 0 Å². The third-order valence-corrected chi connectivity index (χ3v) is 3.41. The molecule has 25 heavy (non-hydrogen) atoms. The van der Waals surface area contributed by atoms with Gasteiger partial charge in [-0.05, 0) is 49.5 Å². The van der Waals surface area contributed by atoms with Gasteiger partial charge >= 0.3 is 6.36 Å². The van der Waals surface area contributed by atoms with Crippen LogP contribution in [0.2, 0.25) is 0 Å². The molecule has 2 rings (SSSR count). The number of halogens is 3. The van der Waals surface area contributed by atoms with Crippen LogP contribution in [0.25, 0.3) is 11.1 Å². The number of nitrogens with one attached hydrogen (secondary N) is 1. The molecule has 1 N–H and O–H groups in total. The van der Waals surface area contributed by atoms with E-state index in [0.29, 0.717) is 12.1 Å². The van der Waals surface area contributed by atoms with Crippen LogP contribution < -0.4 is 10.1 Å². The lowest BCUT2D eigenvalue weighted by Crippen LogP contribution is -2.31. The van der Waals surface area contributed by atoms with Crippen LogP contribution in [0.5, 0.6) is 5.75 Å². The molecule has 0 unspecified atom stereocenters. The van der Waals surface area contributed by atoms with Crippen LogP contribution in [-0.2, 0) is 0 Å². The van der Waals surface area contributed by atoms with Gasteiger partial charge in [0.05, 0.1) is 0 Å². The Hall–Kier alpha value is -2.54.